The molecule has 1 aliphatic rings. The monoisotopic (exact) mass is 348 g/mol. The first kappa shape index (κ1) is 17.9. The summed E-state index contributed by atoms with van der Waals surface area (Å²) in [6, 6.07) is 15.4. The standard InChI is InChI=1S/C22H24N2O2/c1-14(2)13-24-21(25)19(18-11-10-15(3)12-16(18)4)20(22(24)26)23-17-8-6-5-7-9-17/h5-12,14,23H,13H2,1-4H3. The number of hydrogen-bond acceptors (Lipinski definition) is 3. The average Bonchev–Trinajstić information content (AvgIpc) is 2.80. The normalized spacial score (nSPS) is 14.6. The first-order valence-corrected chi connectivity index (χ1v) is 8.88. The summed E-state index contributed by atoms with van der Waals surface area (Å²) in [5.41, 5.74) is 4.52. The minimum Gasteiger partial charge on any atom is -0.350 e. The third-order valence-electron chi connectivity index (χ3n) is 4.41. The van der Waals surface area contributed by atoms with Gasteiger partial charge in [-0.25, -0.2) is 0 Å². The number of para-hydroxylation sites is 1. The van der Waals surface area contributed by atoms with Crippen molar-refractivity contribution in [2.45, 2.75) is 27.7 Å². The van der Waals surface area contributed by atoms with Crippen molar-refractivity contribution in [2.75, 3.05) is 11.9 Å². The zero-order valence-corrected chi connectivity index (χ0v) is 15.7. The lowest BCUT2D eigenvalue weighted by Gasteiger charge is -2.17. The zero-order valence-electron chi connectivity index (χ0n) is 15.7. The SMILES string of the molecule is Cc1ccc(C2=C(Nc3ccccc3)C(=O)N(CC(C)C)C2=O)c(C)c1. The fraction of sp³-hybridized carbons (Fsp3) is 0.273. The molecule has 2 aromatic carbocycles. The second-order valence-corrected chi connectivity index (χ2v) is 7.17. The number of imide groups is 1. The molecule has 0 spiro atoms. The van der Waals surface area contributed by atoms with Gasteiger partial charge in [-0.2, -0.15) is 0 Å². The molecule has 4 nitrogen and oxygen atoms in total. The van der Waals surface area contributed by atoms with Gasteiger partial charge in [0.1, 0.15) is 5.70 Å². The smallest absolute Gasteiger partial charge is 0.278 e. The number of aryl methyl sites for hydroxylation is 2. The highest BCUT2D eigenvalue weighted by atomic mass is 16.2. The molecule has 2 amide bonds. The lowest BCUT2D eigenvalue weighted by molar-refractivity contribution is -0.137. The summed E-state index contributed by atoms with van der Waals surface area (Å²) in [4.78, 5) is 27.5. The second kappa shape index (κ2) is 7.16. The van der Waals surface area contributed by atoms with Gasteiger partial charge in [-0.15, -0.1) is 0 Å². The maximum atomic E-state index is 13.1. The highest BCUT2D eigenvalue weighted by molar-refractivity contribution is 6.36. The van der Waals surface area contributed by atoms with E-state index in [1.807, 2.05) is 76.2 Å². The summed E-state index contributed by atoms with van der Waals surface area (Å²) >= 11 is 0. The maximum absolute atomic E-state index is 13.1. The van der Waals surface area contributed by atoms with E-state index < -0.39 is 0 Å². The van der Waals surface area contributed by atoms with Crippen LogP contribution in [0.25, 0.3) is 5.57 Å². The molecule has 4 heteroatoms. The minimum absolute atomic E-state index is 0.208. The summed E-state index contributed by atoms with van der Waals surface area (Å²) in [5, 5.41) is 3.18. The van der Waals surface area contributed by atoms with Crippen molar-refractivity contribution in [3.63, 3.8) is 0 Å². The Kier molecular flexibility index (Phi) is 4.94. The van der Waals surface area contributed by atoms with E-state index in [1.54, 1.807) is 0 Å². The molecule has 0 unspecified atom stereocenters. The van der Waals surface area contributed by atoms with Crippen LogP contribution in [0.15, 0.2) is 54.2 Å². The van der Waals surface area contributed by atoms with Crippen LogP contribution in [0, 0.1) is 19.8 Å². The Morgan fingerprint density at radius 2 is 1.65 bits per heavy atom. The maximum Gasteiger partial charge on any atom is 0.278 e. The molecule has 134 valence electrons. The Bertz CT molecular complexity index is 882. The van der Waals surface area contributed by atoms with Gasteiger partial charge in [-0.1, -0.05) is 55.8 Å². The lowest BCUT2D eigenvalue weighted by Crippen LogP contribution is -2.35. The summed E-state index contributed by atoms with van der Waals surface area (Å²) in [5.74, 6) is -0.282. The number of anilines is 1. The topological polar surface area (TPSA) is 49.4 Å². The van der Waals surface area contributed by atoms with E-state index in [1.165, 1.54) is 4.90 Å². The molecular formula is C22H24N2O2. The minimum atomic E-state index is -0.262. The van der Waals surface area contributed by atoms with Gasteiger partial charge in [0.25, 0.3) is 11.8 Å². The Hall–Kier alpha value is -2.88. The molecule has 1 N–H and O–H groups in total. The molecule has 0 aromatic heterocycles. The van der Waals surface area contributed by atoms with Crippen molar-refractivity contribution in [2.24, 2.45) is 5.92 Å². The van der Waals surface area contributed by atoms with E-state index in [-0.39, 0.29) is 17.7 Å². The molecule has 0 bridgehead atoms. The molecule has 1 aliphatic heterocycles. The van der Waals surface area contributed by atoms with Crippen LogP contribution in [0.4, 0.5) is 5.69 Å². The van der Waals surface area contributed by atoms with Gasteiger partial charge in [-0.05, 0) is 43.0 Å². The van der Waals surface area contributed by atoms with Crippen LogP contribution in [-0.4, -0.2) is 23.3 Å². The Balaban J connectivity index is 2.11. The highest BCUT2D eigenvalue weighted by Crippen LogP contribution is 2.32. The third-order valence-corrected chi connectivity index (χ3v) is 4.41. The number of hydrogen-bond donors (Lipinski definition) is 1. The number of carbonyl (C=O) groups excluding carboxylic acids is 2. The van der Waals surface area contributed by atoms with Gasteiger partial charge in [0.15, 0.2) is 0 Å². The Morgan fingerprint density at radius 3 is 2.27 bits per heavy atom. The highest BCUT2D eigenvalue weighted by Gasteiger charge is 2.39. The molecule has 0 radical (unpaired) electrons. The van der Waals surface area contributed by atoms with Crippen molar-refractivity contribution >= 4 is 23.1 Å². The van der Waals surface area contributed by atoms with Gasteiger partial charge in [0.05, 0.1) is 5.57 Å². The number of carbonyl (C=O) groups is 2. The van der Waals surface area contributed by atoms with E-state index >= 15 is 0 Å². The third kappa shape index (κ3) is 3.40. The zero-order chi connectivity index (χ0) is 18.8. The van der Waals surface area contributed by atoms with Crippen LogP contribution in [0.1, 0.15) is 30.5 Å². The van der Waals surface area contributed by atoms with Crippen LogP contribution in [-0.2, 0) is 9.59 Å². The summed E-state index contributed by atoms with van der Waals surface area (Å²) in [6.45, 7) is 8.39. The number of amides is 2. The van der Waals surface area contributed by atoms with Gasteiger partial charge < -0.3 is 5.32 Å². The Labute approximate surface area is 154 Å². The van der Waals surface area contributed by atoms with Gasteiger partial charge >= 0.3 is 0 Å². The quantitative estimate of drug-likeness (QED) is 0.826. The molecule has 1 heterocycles. The summed E-state index contributed by atoms with van der Waals surface area (Å²) in [7, 11) is 0. The van der Waals surface area contributed by atoms with E-state index in [9.17, 15) is 9.59 Å². The molecule has 3 rings (SSSR count). The van der Waals surface area contributed by atoms with Crippen LogP contribution in [0.3, 0.4) is 0 Å². The van der Waals surface area contributed by atoms with E-state index in [4.69, 9.17) is 0 Å². The number of rotatable bonds is 5. The van der Waals surface area contributed by atoms with Crippen LogP contribution < -0.4 is 5.32 Å². The molecular weight excluding hydrogens is 324 g/mol. The lowest BCUT2D eigenvalue weighted by atomic mass is 9.97. The van der Waals surface area contributed by atoms with E-state index in [0.717, 1.165) is 22.4 Å². The number of nitrogens with one attached hydrogen (secondary N) is 1. The molecule has 0 atom stereocenters. The average molecular weight is 348 g/mol. The van der Waals surface area contributed by atoms with E-state index in [0.29, 0.717) is 17.8 Å². The second-order valence-electron chi connectivity index (χ2n) is 7.17. The van der Waals surface area contributed by atoms with Crippen molar-refractivity contribution in [1.29, 1.82) is 0 Å². The van der Waals surface area contributed by atoms with Gasteiger partial charge in [0.2, 0.25) is 0 Å². The predicted octanol–water partition coefficient (Wildman–Crippen LogP) is 4.15. The van der Waals surface area contributed by atoms with Crippen LogP contribution >= 0.6 is 0 Å². The fourth-order valence-corrected chi connectivity index (χ4v) is 3.23. The number of benzene rings is 2. The van der Waals surface area contributed by atoms with Gasteiger partial charge in [0, 0.05) is 12.2 Å². The predicted molar refractivity (Wildman–Crippen MR) is 104 cm³/mol. The van der Waals surface area contributed by atoms with Crippen molar-refractivity contribution < 1.29 is 9.59 Å². The van der Waals surface area contributed by atoms with Crippen molar-refractivity contribution in [1.82, 2.24) is 4.90 Å². The molecule has 0 fully saturated rings. The van der Waals surface area contributed by atoms with Crippen LogP contribution in [0.2, 0.25) is 0 Å². The number of nitrogens with zero attached hydrogens (tertiary/aromatic N) is 1. The summed E-state index contributed by atoms with van der Waals surface area (Å²) in [6.07, 6.45) is 0. The fourth-order valence-electron chi connectivity index (χ4n) is 3.23. The van der Waals surface area contributed by atoms with E-state index in [2.05, 4.69) is 5.32 Å². The summed E-state index contributed by atoms with van der Waals surface area (Å²) < 4.78 is 0. The first-order valence-electron chi connectivity index (χ1n) is 8.88. The largest absolute Gasteiger partial charge is 0.350 e. The molecule has 2 aromatic rings. The molecule has 0 saturated heterocycles. The van der Waals surface area contributed by atoms with Crippen molar-refractivity contribution in [3.05, 3.63) is 70.9 Å². The van der Waals surface area contributed by atoms with Gasteiger partial charge in [-0.3, -0.25) is 14.5 Å². The molecule has 26 heavy (non-hydrogen) atoms. The first-order chi connectivity index (χ1) is 12.4. The van der Waals surface area contributed by atoms with Crippen molar-refractivity contribution in [3.8, 4) is 0 Å². The Morgan fingerprint density at radius 1 is 0.962 bits per heavy atom. The molecule has 0 aliphatic carbocycles. The van der Waals surface area contributed by atoms with Crippen LogP contribution in [0.5, 0.6) is 0 Å². The molecule has 0 saturated carbocycles.